The van der Waals surface area contributed by atoms with E-state index in [0.29, 0.717) is 12.6 Å². The van der Waals surface area contributed by atoms with Gasteiger partial charge in [-0.05, 0) is 19.0 Å². The number of nitrogens with zero attached hydrogens (tertiary/aromatic N) is 2. The van der Waals surface area contributed by atoms with E-state index in [2.05, 4.69) is 23.8 Å². The molecule has 2 rings (SSSR count). The molecule has 1 aromatic rings. The van der Waals surface area contributed by atoms with Gasteiger partial charge in [0.2, 0.25) is 0 Å². The second kappa shape index (κ2) is 6.68. The SMILES string of the molecule is CCC1CN(CC(O)(CN)c2ccccc2)CCN1C. The largest absolute Gasteiger partial charge is 0.382 e. The van der Waals surface area contributed by atoms with Gasteiger partial charge in [-0.1, -0.05) is 37.3 Å². The third kappa shape index (κ3) is 3.38. The van der Waals surface area contributed by atoms with Gasteiger partial charge in [0.1, 0.15) is 5.60 Å². The Hall–Kier alpha value is -0.940. The molecule has 0 spiro atoms. The molecule has 0 bridgehead atoms. The first-order valence-electron chi connectivity index (χ1n) is 7.49. The van der Waals surface area contributed by atoms with Gasteiger partial charge in [-0.3, -0.25) is 4.90 Å². The van der Waals surface area contributed by atoms with Crippen molar-refractivity contribution in [1.29, 1.82) is 0 Å². The molecule has 1 saturated heterocycles. The molecular weight excluding hydrogens is 250 g/mol. The van der Waals surface area contributed by atoms with Gasteiger partial charge in [-0.25, -0.2) is 0 Å². The lowest BCUT2D eigenvalue weighted by Crippen LogP contribution is -2.55. The van der Waals surface area contributed by atoms with Crippen LogP contribution in [0.4, 0.5) is 0 Å². The Morgan fingerprint density at radius 1 is 1.30 bits per heavy atom. The number of hydrogen-bond donors (Lipinski definition) is 2. The van der Waals surface area contributed by atoms with Crippen LogP contribution in [0.5, 0.6) is 0 Å². The molecular formula is C16H27N3O. The highest BCUT2D eigenvalue weighted by molar-refractivity contribution is 5.23. The van der Waals surface area contributed by atoms with Crippen LogP contribution in [-0.2, 0) is 5.60 Å². The van der Waals surface area contributed by atoms with E-state index in [1.807, 2.05) is 30.3 Å². The van der Waals surface area contributed by atoms with Crippen LogP contribution in [0.2, 0.25) is 0 Å². The van der Waals surface area contributed by atoms with E-state index in [-0.39, 0.29) is 6.54 Å². The Labute approximate surface area is 122 Å². The molecule has 0 amide bonds. The number of aliphatic hydroxyl groups is 1. The molecule has 1 aliphatic rings. The summed E-state index contributed by atoms with van der Waals surface area (Å²) in [6, 6.07) is 10.4. The fourth-order valence-corrected chi connectivity index (χ4v) is 2.99. The topological polar surface area (TPSA) is 52.7 Å². The van der Waals surface area contributed by atoms with Crippen molar-refractivity contribution in [2.24, 2.45) is 5.73 Å². The molecule has 20 heavy (non-hydrogen) atoms. The van der Waals surface area contributed by atoms with E-state index < -0.39 is 5.60 Å². The molecule has 0 aliphatic carbocycles. The van der Waals surface area contributed by atoms with Gasteiger partial charge in [0.25, 0.3) is 0 Å². The van der Waals surface area contributed by atoms with Crippen LogP contribution in [0.1, 0.15) is 18.9 Å². The van der Waals surface area contributed by atoms with E-state index in [1.165, 1.54) is 0 Å². The Morgan fingerprint density at radius 3 is 2.60 bits per heavy atom. The van der Waals surface area contributed by atoms with Crippen LogP contribution in [-0.4, -0.2) is 60.7 Å². The van der Waals surface area contributed by atoms with Crippen molar-refractivity contribution in [3.05, 3.63) is 35.9 Å². The highest BCUT2D eigenvalue weighted by Gasteiger charge is 2.33. The van der Waals surface area contributed by atoms with E-state index in [9.17, 15) is 5.11 Å². The molecule has 1 aliphatic heterocycles. The Bertz CT molecular complexity index is 411. The lowest BCUT2D eigenvalue weighted by Gasteiger charge is -2.42. The molecule has 112 valence electrons. The maximum atomic E-state index is 10.9. The summed E-state index contributed by atoms with van der Waals surface area (Å²) in [6.45, 7) is 6.12. The summed E-state index contributed by atoms with van der Waals surface area (Å²) in [4.78, 5) is 4.74. The third-order valence-electron chi connectivity index (χ3n) is 4.47. The maximum absolute atomic E-state index is 10.9. The van der Waals surface area contributed by atoms with Crippen LogP contribution < -0.4 is 5.73 Å². The molecule has 4 nitrogen and oxygen atoms in total. The quantitative estimate of drug-likeness (QED) is 0.838. The molecule has 0 saturated carbocycles. The van der Waals surface area contributed by atoms with Crippen LogP contribution in [0.15, 0.2) is 30.3 Å². The number of benzene rings is 1. The Balaban J connectivity index is 2.07. The normalized spacial score (nSPS) is 24.5. The molecule has 4 heteroatoms. The van der Waals surface area contributed by atoms with Gasteiger partial charge in [0.05, 0.1) is 0 Å². The number of hydrogen-bond acceptors (Lipinski definition) is 4. The summed E-state index contributed by atoms with van der Waals surface area (Å²) in [6.07, 6.45) is 1.14. The molecule has 2 unspecified atom stereocenters. The highest BCUT2D eigenvalue weighted by Crippen LogP contribution is 2.23. The van der Waals surface area contributed by atoms with Crippen LogP contribution in [0, 0.1) is 0 Å². The van der Waals surface area contributed by atoms with Gasteiger partial charge in [0, 0.05) is 38.8 Å². The number of rotatable bonds is 5. The van der Waals surface area contributed by atoms with Crippen molar-refractivity contribution >= 4 is 0 Å². The molecule has 0 radical (unpaired) electrons. The minimum absolute atomic E-state index is 0.250. The first-order chi connectivity index (χ1) is 9.59. The summed E-state index contributed by atoms with van der Waals surface area (Å²) in [5.41, 5.74) is 5.83. The number of likely N-dealkylation sites (N-methyl/N-ethyl adjacent to an activating group) is 1. The zero-order valence-electron chi connectivity index (χ0n) is 12.6. The van der Waals surface area contributed by atoms with E-state index in [4.69, 9.17) is 5.73 Å². The fraction of sp³-hybridized carbons (Fsp3) is 0.625. The first kappa shape index (κ1) is 15.4. The smallest absolute Gasteiger partial charge is 0.114 e. The van der Waals surface area contributed by atoms with Gasteiger partial charge < -0.3 is 15.7 Å². The monoisotopic (exact) mass is 277 g/mol. The summed E-state index contributed by atoms with van der Waals surface area (Å²) in [5.74, 6) is 0. The van der Waals surface area contributed by atoms with Gasteiger partial charge in [0.15, 0.2) is 0 Å². The molecule has 0 aromatic heterocycles. The predicted octanol–water partition coefficient (Wildman–Crippen LogP) is 0.859. The van der Waals surface area contributed by atoms with Gasteiger partial charge in [-0.2, -0.15) is 0 Å². The molecule has 1 fully saturated rings. The second-order valence-corrected chi connectivity index (χ2v) is 5.88. The van der Waals surface area contributed by atoms with Crippen molar-refractivity contribution in [3.8, 4) is 0 Å². The van der Waals surface area contributed by atoms with Crippen molar-refractivity contribution in [1.82, 2.24) is 9.80 Å². The minimum atomic E-state index is -0.949. The first-order valence-corrected chi connectivity index (χ1v) is 7.49. The predicted molar refractivity (Wildman–Crippen MR) is 82.5 cm³/mol. The van der Waals surface area contributed by atoms with E-state index >= 15 is 0 Å². The molecule has 3 N–H and O–H groups in total. The molecule has 1 heterocycles. The number of nitrogens with two attached hydrogens (primary N) is 1. The molecule has 2 atom stereocenters. The van der Waals surface area contributed by atoms with Crippen LogP contribution in [0.3, 0.4) is 0 Å². The summed E-state index contributed by atoms with van der Waals surface area (Å²) < 4.78 is 0. The van der Waals surface area contributed by atoms with Crippen molar-refractivity contribution in [2.45, 2.75) is 25.0 Å². The lowest BCUT2D eigenvalue weighted by atomic mass is 9.92. The van der Waals surface area contributed by atoms with Crippen LogP contribution >= 0.6 is 0 Å². The number of piperazine rings is 1. The van der Waals surface area contributed by atoms with Crippen molar-refractivity contribution in [3.63, 3.8) is 0 Å². The molecule has 1 aromatic carbocycles. The Morgan fingerprint density at radius 2 is 2.00 bits per heavy atom. The van der Waals surface area contributed by atoms with E-state index in [0.717, 1.165) is 31.6 Å². The standard InChI is InChI=1S/C16H27N3O/c1-3-15-11-19(10-9-18(15)2)13-16(20,12-17)14-7-5-4-6-8-14/h4-8,15,20H,3,9-13,17H2,1-2H3. The maximum Gasteiger partial charge on any atom is 0.114 e. The lowest BCUT2D eigenvalue weighted by molar-refractivity contribution is -0.0160. The minimum Gasteiger partial charge on any atom is -0.382 e. The number of β-amino-alcohol motifs (C(OH)–C–C–N with tert-alkyl or cyclic N) is 1. The Kier molecular flexibility index (Phi) is 5.16. The fourth-order valence-electron chi connectivity index (χ4n) is 2.99. The highest BCUT2D eigenvalue weighted by atomic mass is 16.3. The van der Waals surface area contributed by atoms with Gasteiger partial charge >= 0.3 is 0 Å². The van der Waals surface area contributed by atoms with Crippen molar-refractivity contribution in [2.75, 3.05) is 39.8 Å². The third-order valence-corrected chi connectivity index (χ3v) is 4.47. The zero-order valence-corrected chi connectivity index (χ0v) is 12.6. The average molecular weight is 277 g/mol. The zero-order chi connectivity index (χ0) is 14.6. The summed E-state index contributed by atoms with van der Waals surface area (Å²) in [7, 11) is 2.18. The second-order valence-electron chi connectivity index (χ2n) is 5.88. The summed E-state index contributed by atoms with van der Waals surface area (Å²) in [5, 5.41) is 10.9. The van der Waals surface area contributed by atoms with E-state index in [1.54, 1.807) is 0 Å². The average Bonchev–Trinajstić information content (AvgIpc) is 2.50. The van der Waals surface area contributed by atoms with Gasteiger partial charge in [-0.15, -0.1) is 0 Å². The van der Waals surface area contributed by atoms with Crippen molar-refractivity contribution < 1.29 is 5.11 Å². The van der Waals surface area contributed by atoms with Crippen LogP contribution in [0.25, 0.3) is 0 Å². The summed E-state index contributed by atoms with van der Waals surface area (Å²) >= 11 is 0.